The van der Waals surface area contributed by atoms with Gasteiger partial charge in [0.2, 0.25) is 0 Å². The summed E-state index contributed by atoms with van der Waals surface area (Å²) >= 11 is 5.92. The number of hydrogen-bond acceptors (Lipinski definition) is 2. The second-order valence-electron chi connectivity index (χ2n) is 4.64. The molecule has 0 aliphatic carbocycles. The SMILES string of the molecule is Clc1ccnc(COc2ccc(-c3ccccc3)cc2)c1. The molecule has 21 heavy (non-hydrogen) atoms. The lowest BCUT2D eigenvalue weighted by Crippen LogP contribution is -1.97. The third-order valence-electron chi connectivity index (χ3n) is 3.13. The predicted molar refractivity (Wildman–Crippen MR) is 85.5 cm³/mol. The number of aromatic nitrogens is 1. The second-order valence-corrected chi connectivity index (χ2v) is 5.08. The van der Waals surface area contributed by atoms with E-state index >= 15 is 0 Å². The maximum Gasteiger partial charge on any atom is 0.130 e. The van der Waals surface area contributed by atoms with Crippen LogP contribution in [0.4, 0.5) is 0 Å². The largest absolute Gasteiger partial charge is 0.487 e. The molecule has 1 heterocycles. The highest BCUT2D eigenvalue weighted by atomic mass is 35.5. The van der Waals surface area contributed by atoms with E-state index in [0.29, 0.717) is 11.6 Å². The molecule has 0 radical (unpaired) electrons. The molecule has 2 nitrogen and oxygen atoms in total. The average Bonchev–Trinajstić information content (AvgIpc) is 2.54. The number of benzene rings is 2. The molecule has 3 aromatic rings. The maximum atomic E-state index is 5.92. The van der Waals surface area contributed by atoms with Crippen molar-refractivity contribution >= 4 is 11.6 Å². The van der Waals surface area contributed by atoms with Crippen molar-refractivity contribution < 1.29 is 4.74 Å². The molecule has 2 aromatic carbocycles. The minimum atomic E-state index is 0.408. The van der Waals surface area contributed by atoms with E-state index in [1.165, 1.54) is 11.1 Å². The molecule has 3 rings (SSSR count). The van der Waals surface area contributed by atoms with Crippen molar-refractivity contribution in [3.63, 3.8) is 0 Å². The molecule has 0 aliphatic rings. The molecule has 0 bridgehead atoms. The minimum Gasteiger partial charge on any atom is -0.487 e. The van der Waals surface area contributed by atoms with Crippen LogP contribution in [-0.2, 0) is 6.61 Å². The molecule has 0 unspecified atom stereocenters. The minimum absolute atomic E-state index is 0.408. The smallest absolute Gasteiger partial charge is 0.130 e. The average molecular weight is 296 g/mol. The van der Waals surface area contributed by atoms with Crippen molar-refractivity contribution in [2.24, 2.45) is 0 Å². The Hall–Kier alpha value is -2.32. The fourth-order valence-electron chi connectivity index (χ4n) is 2.06. The van der Waals surface area contributed by atoms with Crippen molar-refractivity contribution in [2.45, 2.75) is 6.61 Å². The number of ether oxygens (including phenoxy) is 1. The molecule has 0 aliphatic heterocycles. The van der Waals surface area contributed by atoms with Gasteiger partial charge in [-0.2, -0.15) is 0 Å². The van der Waals surface area contributed by atoms with Crippen LogP contribution in [0.2, 0.25) is 5.02 Å². The summed E-state index contributed by atoms with van der Waals surface area (Å²) in [5.41, 5.74) is 3.18. The summed E-state index contributed by atoms with van der Waals surface area (Å²) in [7, 11) is 0. The van der Waals surface area contributed by atoms with E-state index in [1.54, 1.807) is 18.3 Å². The van der Waals surface area contributed by atoms with Crippen LogP contribution in [0.1, 0.15) is 5.69 Å². The van der Waals surface area contributed by atoms with E-state index in [-0.39, 0.29) is 0 Å². The molecule has 1 aromatic heterocycles. The molecule has 0 saturated heterocycles. The van der Waals surface area contributed by atoms with E-state index in [1.807, 2.05) is 30.3 Å². The highest BCUT2D eigenvalue weighted by molar-refractivity contribution is 6.30. The van der Waals surface area contributed by atoms with Gasteiger partial charge in [-0.3, -0.25) is 4.98 Å². The van der Waals surface area contributed by atoms with Gasteiger partial charge in [0, 0.05) is 11.2 Å². The fourth-order valence-corrected chi connectivity index (χ4v) is 2.24. The summed E-state index contributed by atoms with van der Waals surface area (Å²) in [6.07, 6.45) is 1.68. The Morgan fingerprint density at radius 1 is 0.857 bits per heavy atom. The summed E-state index contributed by atoms with van der Waals surface area (Å²) in [6.45, 7) is 0.408. The van der Waals surface area contributed by atoms with Crippen LogP contribution in [-0.4, -0.2) is 4.98 Å². The number of rotatable bonds is 4. The van der Waals surface area contributed by atoms with E-state index in [4.69, 9.17) is 16.3 Å². The Morgan fingerprint density at radius 3 is 2.29 bits per heavy atom. The number of nitrogens with zero attached hydrogens (tertiary/aromatic N) is 1. The summed E-state index contributed by atoms with van der Waals surface area (Å²) in [5, 5.41) is 0.669. The van der Waals surface area contributed by atoms with Crippen molar-refractivity contribution in [3.05, 3.63) is 83.6 Å². The van der Waals surface area contributed by atoms with Gasteiger partial charge >= 0.3 is 0 Å². The fraction of sp³-hybridized carbons (Fsp3) is 0.0556. The zero-order chi connectivity index (χ0) is 14.5. The highest BCUT2D eigenvalue weighted by Crippen LogP contribution is 2.22. The first-order valence-corrected chi connectivity index (χ1v) is 7.08. The Kier molecular flexibility index (Phi) is 4.17. The van der Waals surface area contributed by atoms with Gasteiger partial charge in [0.1, 0.15) is 12.4 Å². The Labute approximate surface area is 129 Å². The number of halogens is 1. The molecule has 3 heteroatoms. The molecule has 0 spiro atoms. The van der Waals surface area contributed by atoms with Crippen LogP contribution in [0.5, 0.6) is 5.75 Å². The standard InChI is InChI=1S/C18H14ClNO/c19-16-10-11-20-17(12-16)13-21-18-8-6-15(7-9-18)14-4-2-1-3-5-14/h1-12H,13H2. The third-order valence-corrected chi connectivity index (χ3v) is 3.36. The van der Waals surface area contributed by atoms with Crippen molar-refractivity contribution in [1.29, 1.82) is 0 Å². The van der Waals surface area contributed by atoms with E-state index < -0.39 is 0 Å². The Bertz CT molecular complexity index is 711. The van der Waals surface area contributed by atoms with Gasteiger partial charge in [0.25, 0.3) is 0 Å². The molecular weight excluding hydrogens is 282 g/mol. The number of pyridine rings is 1. The molecular formula is C18H14ClNO. The van der Waals surface area contributed by atoms with Gasteiger partial charge in [-0.1, -0.05) is 54.1 Å². The predicted octanol–water partition coefficient (Wildman–Crippen LogP) is 4.98. The highest BCUT2D eigenvalue weighted by Gasteiger charge is 2.00. The van der Waals surface area contributed by atoms with E-state index in [0.717, 1.165) is 11.4 Å². The summed E-state index contributed by atoms with van der Waals surface area (Å²) in [6, 6.07) is 21.8. The second kappa shape index (κ2) is 6.42. The first kappa shape index (κ1) is 13.7. The molecule has 0 N–H and O–H groups in total. The van der Waals surface area contributed by atoms with Crippen LogP contribution in [0.3, 0.4) is 0 Å². The normalized spacial score (nSPS) is 10.3. The molecule has 0 atom stereocenters. The van der Waals surface area contributed by atoms with Crippen LogP contribution < -0.4 is 4.74 Å². The Morgan fingerprint density at radius 2 is 1.57 bits per heavy atom. The lowest BCUT2D eigenvalue weighted by atomic mass is 10.1. The van der Waals surface area contributed by atoms with Gasteiger partial charge in [-0.15, -0.1) is 0 Å². The summed E-state index contributed by atoms with van der Waals surface area (Å²) in [5.74, 6) is 0.816. The van der Waals surface area contributed by atoms with Gasteiger partial charge in [-0.25, -0.2) is 0 Å². The third kappa shape index (κ3) is 3.61. The maximum absolute atomic E-state index is 5.92. The summed E-state index contributed by atoms with van der Waals surface area (Å²) < 4.78 is 5.72. The zero-order valence-corrected chi connectivity index (χ0v) is 12.1. The number of hydrogen-bond donors (Lipinski definition) is 0. The van der Waals surface area contributed by atoms with Gasteiger partial charge < -0.3 is 4.74 Å². The molecule has 0 amide bonds. The summed E-state index contributed by atoms with van der Waals surface area (Å²) in [4.78, 5) is 4.21. The lowest BCUT2D eigenvalue weighted by Gasteiger charge is -2.07. The van der Waals surface area contributed by atoms with Crippen molar-refractivity contribution in [3.8, 4) is 16.9 Å². The van der Waals surface area contributed by atoms with Gasteiger partial charge in [0.15, 0.2) is 0 Å². The van der Waals surface area contributed by atoms with Gasteiger partial charge in [0.05, 0.1) is 5.69 Å². The van der Waals surface area contributed by atoms with Crippen LogP contribution in [0, 0.1) is 0 Å². The first-order chi connectivity index (χ1) is 10.3. The van der Waals surface area contributed by atoms with Crippen LogP contribution in [0.15, 0.2) is 72.9 Å². The molecule has 0 fully saturated rings. The van der Waals surface area contributed by atoms with E-state index in [2.05, 4.69) is 29.2 Å². The quantitative estimate of drug-likeness (QED) is 0.677. The first-order valence-electron chi connectivity index (χ1n) is 6.70. The lowest BCUT2D eigenvalue weighted by molar-refractivity contribution is 0.301. The van der Waals surface area contributed by atoms with Crippen molar-refractivity contribution in [1.82, 2.24) is 4.98 Å². The molecule has 104 valence electrons. The monoisotopic (exact) mass is 295 g/mol. The topological polar surface area (TPSA) is 22.1 Å². The zero-order valence-electron chi connectivity index (χ0n) is 11.4. The van der Waals surface area contributed by atoms with Crippen LogP contribution in [0.25, 0.3) is 11.1 Å². The molecule has 0 saturated carbocycles. The van der Waals surface area contributed by atoms with E-state index in [9.17, 15) is 0 Å². The van der Waals surface area contributed by atoms with Crippen molar-refractivity contribution in [2.75, 3.05) is 0 Å². The van der Waals surface area contributed by atoms with Gasteiger partial charge in [-0.05, 0) is 35.4 Å². The van der Waals surface area contributed by atoms with Crippen LogP contribution >= 0.6 is 11.6 Å². The Balaban J connectivity index is 1.68.